The molecule has 0 aliphatic heterocycles. The number of rotatable bonds is 5. The summed E-state index contributed by atoms with van der Waals surface area (Å²) >= 11 is 2.20. The second kappa shape index (κ2) is 7.87. The first-order valence-electron chi connectivity index (χ1n) is 6.91. The lowest BCUT2D eigenvalue weighted by molar-refractivity contribution is -0.149. The van der Waals surface area contributed by atoms with Gasteiger partial charge in [-0.15, -0.1) is 0 Å². The van der Waals surface area contributed by atoms with Crippen LogP contribution in [0.15, 0.2) is 48.5 Å². The molecular formula is C17H14F3IO3. The first-order valence-corrected chi connectivity index (χ1v) is 8.44. The zero-order valence-electron chi connectivity index (χ0n) is 12.6. The summed E-state index contributed by atoms with van der Waals surface area (Å²) in [5.74, 6) is -0.743. The van der Waals surface area contributed by atoms with E-state index in [4.69, 9.17) is 9.47 Å². The standard InChI is InChI=1S/C17H14F3IO3/c1-23-16(22)15(12-7-5-11(10-21)6-8-12)24-14-4-2-3-13(9-14)17(18,19)20/h2-9,15H,10H2,1H3/t15-/m0/s1. The molecule has 0 saturated heterocycles. The predicted octanol–water partition coefficient (Wildman–Crippen LogP) is 4.93. The van der Waals surface area contributed by atoms with Crippen molar-refractivity contribution in [1.82, 2.24) is 0 Å². The molecule has 0 aliphatic carbocycles. The largest absolute Gasteiger partial charge is 0.474 e. The molecule has 0 radical (unpaired) electrons. The Bertz CT molecular complexity index is 699. The van der Waals surface area contributed by atoms with Crippen LogP contribution in [0.5, 0.6) is 5.75 Å². The summed E-state index contributed by atoms with van der Waals surface area (Å²) in [6.45, 7) is 0. The van der Waals surface area contributed by atoms with E-state index in [1.165, 1.54) is 19.2 Å². The maximum Gasteiger partial charge on any atom is 0.416 e. The molecule has 0 aliphatic rings. The molecule has 0 bridgehead atoms. The maximum absolute atomic E-state index is 12.8. The predicted molar refractivity (Wildman–Crippen MR) is 91.0 cm³/mol. The van der Waals surface area contributed by atoms with E-state index in [-0.39, 0.29) is 5.75 Å². The van der Waals surface area contributed by atoms with Gasteiger partial charge in [0.25, 0.3) is 0 Å². The first kappa shape index (κ1) is 18.6. The van der Waals surface area contributed by atoms with Crippen molar-refractivity contribution in [3.05, 3.63) is 65.2 Å². The number of hydrogen-bond donors (Lipinski definition) is 0. The first-order chi connectivity index (χ1) is 11.3. The molecule has 2 aromatic carbocycles. The monoisotopic (exact) mass is 450 g/mol. The van der Waals surface area contributed by atoms with E-state index in [1.54, 1.807) is 12.1 Å². The summed E-state index contributed by atoms with van der Waals surface area (Å²) in [6, 6.07) is 11.4. The zero-order chi connectivity index (χ0) is 17.7. The summed E-state index contributed by atoms with van der Waals surface area (Å²) in [7, 11) is 1.20. The molecule has 0 heterocycles. The molecule has 2 aromatic rings. The van der Waals surface area contributed by atoms with Crippen molar-refractivity contribution in [3.8, 4) is 5.75 Å². The lowest BCUT2D eigenvalue weighted by Crippen LogP contribution is -2.20. The molecule has 7 heteroatoms. The second-order valence-electron chi connectivity index (χ2n) is 4.92. The fourth-order valence-corrected chi connectivity index (χ4v) is 2.53. The lowest BCUT2D eigenvalue weighted by Gasteiger charge is -2.18. The molecule has 0 aromatic heterocycles. The molecule has 3 nitrogen and oxygen atoms in total. The fourth-order valence-electron chi connectivity index (χ4n) is 2.02. The Morgan fingerprint density at radius 1 is 1.17 bits per heavy atom. The van der Waals surface area contributed by atoms with Gasteiger partial charge >= 0.3 is 12.1 Å². The Morgan fingerprint density at radius 3 is 2.38 bits per heavy atom. The van der Waals surface area contributed by atoms with E-state index in [0.29, 0.717) is 5.56 Å². The third kappa shape index (κ3) is 4.62. The Labute approximate surface area is 150 Å². The van der Waals surface area contributed by atoms with Crippen LogP contribution in [0.3, 0.4) is 0 Å². The molecule has 0 spiro atoms. The van der Waals surface area contributed by atoms with Gasteiger partial charge in [0.15, 0.2) is 0 Å². The Balaban J connectivity index is 2.31. The number of alkyl halides is 4. The van der Waals surface area contributed by atoms with Gasteiger partial charge in [0, 0.05) is 9.99 Å². The van der Waals surface area contributed by atoms with Crippen molar-refractivity contribution >= 4 is 28.6 Å². The number of carbonyl (C=O) groups is 1. The van der Waals surface area contributed by atoms with Crippen LogP contribution in [-0.4, -0.2) is 13.1 Å². The van der Waals surface area contributed by atoms with Gasteiger partial charge < -0.3 is 9.47 Å². The number of carbonyl (C=O) groups excluding carboxylic acids is 1. The molecule has 2 rings (SSSR count). The quantitative estimate of drug-likeness (QED) is 0.368. The Kier molecular flexibility index (Phi) is 6.09. The third-order valence-electron chi connectivity index (χ3n) is 3.27. The smallest absolute Gasteiger partial charge is 0.416 e. The van der Waals surface area contributed by atoms with Gasteiger partial charge in [0.2, 0.25) is 6.10 Å². The van der Waals surface area contributed by atoms with Crippen LogP contribution in [0.2, 0.25) is 0 Å². The van der Waals surface area contributed by atoms with Crippen LogP contribution < -0.4 is 4.74 Å². The second-order valence-corrected chi connectivity index (χ2v) is 5.68. The van der Waals surface area contributed by atoms with Gasteiger partial charge in [-0.3, -0.25) is 0 Å². The normalized spacial score (nSPS) is 12.5. The minimum absolute atomic E-state index is 0.0572. The Morgan fingerprint density at radius 2 is 1.83 bits per heavy atom. The molecule has 0 amide bonds. The Hall–Kier alpha value is -1.77. The van der Waals surface area contributed by atoms with Crippen LogP contribution >= 0.6 is 22.6 Å². The number of methoxy groups -OCH3 is 1. The van der Waals surface area contributed by atoms with E-state index in [9.17, 15) is 18.0 Å². The van der Waals surface area contributed by atoms with Crippen molar-refractivity contribution in [1.29, 1.82) is 0 Å². The minimum Gasteiger partial charge on any atom is -0.474 e. The van der Waals surface area contributed by atoms with Crippen LogP contribution in [0.4, 0.5) is 13.2 Å². The van der Waals surface area contributed by atoms with Gasteiger partial charge in [-0.2, -0.15) is 13.2 Å². The van der Waals surface area contributed by atoms with Crippen LogP contribution in [-0.2, 0) is 20.1 Å². The van der Waals surface area contributed by atoms with Crippen molar-refractivity contribution in [3.63, 3.8) is 0 Å². The highest BCUT2D eigenvalue weighted by Gasteiger charge is 2.31. The zero-order valence-corrected chi connectivity index (χ0v) is 14.8. The average molecular weight is 450 g/mol. The van der Waals surface area contributed by atoms with E-state index in [0.717, 1.165) is 22.1 Å². The molecule has 0 N–H and O–H groups in total. The number of esters is 1. The minimum atomic E-state index is -4.48. The van der Waals surface area contributed by atoms with E-state index < -0.39 is 23.8 Å². The highest BCUT2D eigenvalue weighted by atomic mass is 127. The van der Waals surface area contributed by atoms with Crippen LogP contribution in [0.25, 0.3) is 0 Å². The van der Waals surface area contributed by atoms with Gasteiger partial charge in [0.1, 0.15) is 5.75 Å². The van der Waals surface area contributed by atoms with Gasteiger partial charge in [0.05, 0.1) is 12.7 Å². The summed E-state index contributed by atoms with van der Waals surface area (Å²) in [5, 5.41) is 0. The molecule has 128 valence electrons. The van der Waals surface area contributed by atoms with Gasteiger partial charge in [-0.05, 0) is 23.8 Å². The number of halogens is 4. The van der Waals surface area contributed by atoms with Crippen molar-refractivity contribution in [2.24, 2.45) is 0 Å². The molecule has 0 fully saturated rings. The van der Waals surface area contributed by atoms with Gasteiger partial charge in [-0.1, -0.05) is 52.9 Å². The summed E-state index contributed by atoms with van der Waals surface area (Å²) < 4.78 is 49.4. The van der Waals surface area contributed by atoms with Gasteiger partial charge in [-0.25, -0.2) is 4.79 Å². The fraction of sp³-hybridized carbons (Fsp3) is 0.235. The number of hydrogen-bond acceptors (Lipinski definition) is 3. The maximum atomic E-state index is 12.8. The van der Waals surface area contributed by atoms with E-state index in [2.05, 4.69) is 22.6 Å². The number of benzene rings is 2. The molecular weight excluding hydrogens is 436 g/mol. The van der Waals surface area contributed by atoms with Crippen LogP contribution in [0.1, 0.15) is 22.8 Å². The molecule has 1 atom stereocenters. The lowest BCUT2D eigenvalue weighted by atomic mass is 10.1. The highest BCUT2D eigenvalue weighted by molar-refractivity contribution is 14.1. The SMILES string of the molecule is COC(=O)[C@@H](Oc1cccc(C(F)(F)F)c1)c1ccc(CI)cc1. The van der Waals surface area contributed by atoms with Crippen LogP contribution in [0, 0.1) is 0 Å². The average Bonchev–Trinajstić information content (AvgIpc) is 2.58. The molecule has 0 saturated carbocycles. The highest BCUT2D eigenvalue weighted by Crippen LogP contribution is 2.33. The summed E-state index contributed by atoms with van der Waals surface area (Å²) in [6.07, 6.45) is -5.62. The summed E-state index contributed by atoms with van der Waals surface area (Å²) in [4.78, 5) is 12.0. The van der Waals surface area contributed by atoms with E-state index in [1.807, 2.05) is 12.1 Å². The van der Waals surface area contributed by atoms with Crippen molar-refractivity contribution in [2.75, 3.05) is 7.11 Å². The molecule has 0 unspecified atom stereocenters. The summed E-state index contributed by atoms with van der Waals surface area (Å²) in [5.41, 5.74) is 0.721. The third-order valence-corrected chi connectivity index (χ3v) is 4.15. The van der Waals surface area contributed by atoms with E-state index >= 15 is 0 Å². The molecule has 24 heavy (non-hydrogen) atoms. The topological polar surface area (TPSA) is 35.5 Å². The van der Waals surface area contributed by atoms with Crippen molar-refractivity contribution in [2.45, 2.75) is 16.7 Å². The number of ether oxygens (including phenoxy) is 2. The van der Waals surface area contributed by atoms with Crippen molar-refractivity contribution < 1.29 is 27.4 Å².